The molecule has 2 aromatic carbocycles. The predicted octanol–water partition coefficient (Wildman–Crippen LogP) is 3.88. The zero-order chi connectivity index (χ0) is 17.9. The molecule has 3 rings (SSSR count). The molecule has 6 nitrogen and oxygen atoms in total. The van der Waals surface area contributed by atoms with Gasteiger partial charge in [0.15, 0.2) is 0 Å². The van der Waals surface area contributed by atoms with Crippen molar-refractivity contribution in [3.05, 3.63) is 53.0 Å². The monoisotopic (exact) mass is 423 g/mol. The molecule has 0 radical (unpaired) electrons. The molecular formula is C17H18BrN3O3S. The van der Waals surface area contributed by atoms with E-state index in [9.17, 15) is 13.2 Å². The van der Waals surface area contributed by atoms with E-state index in [0.29, 0.717) is 15.8 Å². The van der Waals surface area contributed by atoms with Gasteiger partial charge in [0.25, 0.3) is 10.0 Å². The smallest absolute Gasteiger partial charge is 0.321 e. The van der Waals surface area contributed by atoms with Crippen molar-refractivity contribution >= 4 is 43.4 Å². The highest BCUT2D eigenvalue weighted by Crippen LogP contribution is 2.25. The second kappa shape index (κ2) is 7.45. The molecule has 0 aromatic heterocycles. The van der Waals surface area contributed by atoms with Crippen LogP contribution >= 0.6 is 15.9 Å². The van der Waals surface area contributed by atoms with Crippen LogP contribution < -0.4 is 10.0 Å². The van der Waals surface area contributed by atoms with Crippen LogP contribution in [0.4, 0.5) is 16.2 Å². The Morgan fingerprint density at radius 1 is 1.00 bits per heavy atom. The second-order valence-corrected chi connectivity index (χ2v) is 8.27. The van der Waals surface area contributed by atoms with Crippen molar-refractivity contribution in [2.45, 2.75) is 17.7 Å². The zero-order valence-electron chi connectivity index (χ0n) is 13.4. The number of anilines is 2. The number of hydrogen-bond donors (Lipinski definition) is 2. The average Bonchev–Trinajstić information content (AvgIpc) is 3.12. The minimum Gasteiger partial charge on any atom is -0.325 e. The first kappa shape index (κ1) is 17.8. The topological polar surface area (TPSA) is 78.5 Å². The summed E-state index contributed by atoms with van der Waals surface area (Å²) in [6.07, 6.45) is 2.04. The number of carbonyl (C=O) groups is 1. The van der Waals surface area contributed by atoms with E-state index in [2.05, 4.69) is 26.0 Å². The van der Waals surface area contributed by atoms with E-state index in [1.807, 2.05) is 0 Å². The minimum atomic E-state index is -3.70. The molecular weight excluding hydrogens is 406 g/mol. The fourth-order valence-electron chi connectivity index (χ4n) is 2.59. The maximum Gasteiger partial charge on any atom is 0.321 e. The van der Waals surface area contributed by atoms with Crippen LogP contribution in [0.2, 0.25) is 0 Å². The molecule has 2 aromatic rings. The number of benzene rings is 2. The third-order valence-corrected chi connectivity index (χ3v) is 6.00. The second-order valence-electron chi connectivity index (χ2n) is 5.73. The Morgan fingerprint density at radius 3 is 2.28 bits per heavy atom. The van der Waals surface area contributed by atoms with Crippen molar-refractivity contribution in [1.29, 1.82) is 0 Å². The van der Waals surface area contributed by atoms with E-state index in [1.165, 1.54) is 12.1 Å². The molecule has 8 heteroatoms. The molecule has 1 saturated heterocycles. The number of urea groups is 1. The molecule has 0 aliphatic carbocycles. The summed E-state index contributed by atoms with van der Waals surface area (Å²) in [6.45, 7) is 1.52. The lowest BCUT2D eigenvalue weighted by atomic mass is 10.3. The summed E-state index contributed by atoms with van der Waals surface area (Å²) in [5.74, 6) is 0. The molecule has 2 amide bonds. The van der Waals surface area contributed by atoms with E-state index in [1.54, 1.807) is 41.3 Å². The van der Waals surface area contributed by atoms with Crippen molar-refractivity contribution < 1.29 is 13.2 Å². The minimum absolute atomic E-state index is 0.127. The van der Waals surface area contributed by atoms with Gasteiger partial charge in [-0.2, -0.15) is 0 Å². The Bertz CT molecular complexity index is 863. The molecule has 2 N–H and O–H groups in total. The molecule has 1 aliphatic rings. The standard InChI is InChI=1S/C17H18BrN3O3S/c18-15-5-1-2-6-16(15)20-25(23,24)14-9-7-13(8-10-14)19-17(22)21-11-3-4-12-21/h1-2,5-10,20H,3-4,11-12H2,(H,19,22). The molecule has 132 valence electrons. The molecule has 0 bridgehead atoms. The van der Waals surface area contributed by atoms with Gasteiger partial charge in [-0.1, -0.05) is 12.1 Å². The Hall–Kier alpha value is -2.06. The summed E-state index contributed by atoms with van der Waals surface area (Å²) < 4.78 is 28.1. The van der Waals surface area contributed by atoms with Gasteiger partial charge >= 0.3 is 6.03 Å². The number of sulfonamides is 1. The maximum absolute atomic E-state index is 12.5. The number of hydrogen-bond acceptors (Lipinski definition) is 3. The van der Waals surface area contributed by atoms with Gasteiger partial charge in [0, 0.05) is 23.2 Å². The SMILES string of the molecule is O=C(Nc1ccc(S(=O)(=O)Nc2ccccc2Br)cc1)N1CCCC1. The quantitative estimate of drug-likeness (QED) is 0.782. The molecule has 1 fully saturated rings. The lowest BCUT2D eigenvalue weighted by molar-refractivity contribution is 0.222. The van der Waals surface area contributed by atoms with Crippen LogP contribution in [0, 0.1) is 0 Å². The normalized spacial score (nSPS) is 14.4. The van der Waals surface area contributed by atoms with Crippen LogP contribution in [0.15, 0.2) is 57.9 Å². The Morgan fingerprint density at radius 2 is 1.64 bits per heavy atom. The molecule has 25 heavy (non-hydrogen) atoms. The third-order valence-electron chi connectivity index (χ3n) is 3.93. The first-order valence-electron chi connectivity index (χ1n) is 7.89. The molecule has 0 spiro atoms. The summed E-state index contributed by atoms with van der Waals surface area (Å²) in [5.41, 5.74) is 1.03. The highest BCUT2D eigenvalue weighted by molar-refractivity contribution is 9.10. The fourth-order valence-corrected chi connectivity index (χ4v) is 4.18. The largest absolute Gasteiger partial charge is 0.325 e. The van der Waals surface area contributed by atoms with Gasteiger partial charge in [0.05, 0.1) is 10.6 Å². The average molecular weight is 424 g/mol. The number of halogens is 1. The summed E-state index contributed by atoms with van der Waals surface area (Å²) in [6, 6.07) is 12.9. The molecule has 0 saturated carbocycles. The lowest BCUT2D eigenvalue weighted by Gasteiger charge is -2.16. The van der Waals surface area contributed by atoms with Crippen molar-refractivity contribution in [2.24, 2.45) is 0 Å². The summed E-state index contributed by atoms with van der Waals surface area (Å²) in [5, 5.41) is 2.79. The van der Waals surface area contributed by atoms with Gasteiger partial charge in [0.2, 0.25) is 0 Å². The number of amides is 2. The summed E-state index contributed by atoms with van der Waals surface area (Å²) in [7, 11) is -3.70. The first-order chi connectivity index (χ1) is 12.0. The van der Waals surface area contributed by atoms with Gasteiger partial charge in [-0.15, -0.1) is 0 Å². The first-order valence-corrected chi connectivity index (χ1v) is 10.2. The van der Waals surface area contributed by atoms with Crippen molar-refractivity contribution in [3.8, 4) is 0 Å². The Balaban J connectivity index is 1.70. The Labute approximate surface area is 155 Å². The van der Waals surface area contributed by atoms with E-state index < -0.39 is 10.0 Å². The van der Waals surface area contributed by atoms with Gasteiger partial charge in [0.1, 0.15) is 0 Å². The lowest BCUT2D eigenvalue weighted by Crippen LogP contribution is -2.32. The van der Waals surface area contributed by atoms with Crippen molar-refractivity contribution in [2.75, 3.05) is 23.1 Å². The molecule has 1 aliphatic heterocycles. The van der Waals surface area contributed by atoms with Crippen molar-refractivity contribution in [1.82, 2.24) is 4.90 Å². The maximum atomic E-state index is 12.5. The van der Waals surface area contributed by atoms with Crippen LogP contribution in [0.3, 0.4) is 0 Å². The van der Waals surface area contributed by atoms with Gasteiger partial charge in [-0.05, 0) is 65.2 Å². The van der Waals surface area contributed by atoms with E-state index >= 15 is 0 Å². The van der Waals surface area contributed by atoms with Crippen LogP contribution in [-0.2, 0) is 10.0 Å². The summed E-state index contributed by atoms with van der Waals surface area (Å²) in [4.78, 5) is 13.9. The third kappa shape index (κ3) is 4.32. The number of likely N-dealkylation sites (tertiary alicyclic amines) is 1. The zero-order valence-corrected chi connectivity index (χ0v) is 15.8. The highest BCUT2D eigenvalue weighted by atomic mass is 79.9. The number of rotatable bonds is 4. The van der Waals surface area contributed by atoms with E-state index in [0.717, 1.165) is 25.9 Å². The van der Waals surface area contributed by atoms with Gasteiger partial charge in [-0.25, -0.2) is 13.2 Å². The van der Waals surface area contributed by atoms with Crippen LogP contribution in [0.5, 0.6) is 0 Å². The Kier molecular flexibility index (Phi) is 5.29. The van der Waals surface area contributed by atoms with Gasteiger partial charge < -0.3 is 10.2 Å². The van der Waals surface area contributed by atoms with Crippen LogP contribution in [0.25, 0.3) is 0 Å². The number of nitrogens with zero attached hydrogens (tertiary/aromatic N) is 1. The molecule has 0 atom stereocenters. The molecule has 1 heterocycles. The fraction of sp³-hybridized carbons (Fsp3) is 0.235. The van der Waals surface area contributed by atoms with Crippen LogP contribution in [-0.4, -0.2) is 32.4 Å². The van der Waals surface area contributed by atoms with Gasteiger partial charge in [-0.3, -0.25) is 4.72 Å². The number of nitrogens with one attached hydrogen (secondary N) is 2. The van der Waals surface area contributed by atoms with Crippen molar-refractivity contribution in [3.63, 3.8) is 0 Å². The summed E-state index contributed by atoms with van der Waals surface area (Å²) >= 11 is 3.31. The van der Waals surface area contributed by atoms with E-state index in [-0.39, 0.29) is 10.9 Å². The van der Waals surface area contributed by atoms with Crippen LogP contribution in [0.1, 0.15) is 12.8 Å². The highest BCUT2D eigenvalue weighted by Gasteiger charge is 2.19. The predicted molar refractivity (Wildman–Crippen MR) is 101 cm³/mol. The number of para-hydroxylation sites is 1. The van der Waals surface area contributed by atoms with E-state index in [4.69, 9.17) is 0 Å². The number of carbonyl (C=O) groups excluding carboxylic acids is 1. The molecule has 0 unspecified atom stereocenters.